The minimum Gasteiger partial charge on any atom is -0.365 e. The largest absolute Gasteiger partial charge is 0.365 e. The van der Waals surface area contributed by atoms with Gasteiger partial charge >= 0.3 is 0 Å². The fraction of sp³-hybridized carbons (Fsp3) is 0.667. The molecular formula is C12H18ClN3O. The predicted octanol–water partition coefficient (Wildman–Crippen LogP) is 2.08. The molecule has 1 aromatic heterocycles. The van der Waals surface area contributed by atoms with E-state index in [0.29, 0.717) is 23.7 Å². The number of nitrogens with zero attached hydrogens (tertiary/aromatic N) is 2. The Morgan fingerprint density at radius 2 is 2.41 bits per heavy atom. The summed E-state index contributed by atoms with van der Waals surface area (Å²) in [6.07, 6.45) is 6.61. The first-order valence-corrected chi connectivity index (χ1v) is 6.57. The van der Waals surface area contributed by atoms with Crippen LogP contribution >= 0.6 is 11.6 Å². The van der Waals surface area contributed by atoms with Crippen LogP contribution in [0.15, 0.2) is 17.2 Å². The number of nitrogens with one attached hydrogen (secondary N) is 1. The molecule has 0 aliphatic heterocycles. The van der Waals surface area contributed by atoms with Crippen LogP contribution < -0.4 is 10.9 Å². The van der Waals surface area contributed by atoms with Gasteiger partial charge in [0.1, 0.15) is 0 Å². The molecular weight excluding hydrogens is 238 g/mol. The lowest BCUT2D eigenvalue weighted by Gasteiger charge is -2.11. The third-order valence-corrected chi connectivity index (χ3v) is 3.69. The Labute approximate surface area is 106 Å². The lowest BCUT2D eigenvalue weighted by molar-refractivity contribution is 0.578. The molecule has 0 saturated heterocycles. The van der Waals surface area contributed by atoms with Crippen molar-refractivity contribution in [2.75, 3.05) is 11.9 Å². The summed E-state index contributed by atoms with van der Waals surface area (Å²) in [5, 5.41) is 3.45. The maximum Gasteiger partial charge on any atom is 0.293 e. The fourth-order valence-electron chi connectivity index (χ4n) is 2.26. The second-order valence-corrected chi connectivity index (χ2v) is 5.14. The standard InChI is InChI=1S/C12H18ClN3O/c1-2-16-6-5-14-11(12(16)17)15-8-9-3-4-10(13)7-9/h5-6,9-10H,2-4,7-8H2,1H3,(H,14,15). The van der Waals surface area contributed by atoms with E-state index in [2.05, 4.69) is 10.3 Å². The Bertz CT molecular complexity index is 432. The number of halogens is 1. The average Bonchev–Trinajstić information content (AvgIpc) is 2.74. The summed E-state index contributed by atoms with van der Waals surface area (Å²) >= 11 is 6.06. The number of aromatic nitrogens is 2. The van der Waals surface area contributed by atoms with Crippen molar-refractivity contribution in [1.82, 2.24) is 9.55 Å². The van der Waals surface area contributed by atoms with E-state index in [1.807, 2.05) is 6.92 Å². The van der Waals surface area contributed by atoms with Crippen LogP contribution in [0.25, 0.3) is 0 Å². The summed E-state index contributed by atoms with van der Waals surface area (Å²) in [5.74, 6) is 1.02. The molecule has 5 heteroatoms. The monoisotopic (exact) mass is 255 g/mol. The van der Waals surface area contributed by atoms with E-state index in [1.165, 1.54) is 0 Å². The quantitative estimate of drug-likeness (QED) is 0.838. The van der Waals surface area contributed by atoms with Crippen LogP contribution in [0.3, 0.4) is 0 Å². The van der Waals surface area contributed by atoms with Crippen molar-refractivity contribution < 1.29 is 0 Å². The Morgan fingerprint density at radius 3 is 3.06 bits per heavy atom. The minimum atomic E-state index is -0.0459. The van der Waals surface area contributed by atoms with Gasteiger partial charge in [-0.05, 0) is 32.1 Å². The molecule has 4 nitrogen and oxygen atoms in total. The van der Waals surface area contributed by atoms with Gasteiger partial charge in [-0.3, -0.25) is 4.79 Å². The lowest BCUT2D eigenvalue weighted by Crippen LogP contribution is -2.25. The first-order valence-electron chi connectivity index (χ1n) is 6.14. The van der Waals surface area contributed by atoms with Crippen molar-refractivity contribution in [2.45, 2.75) is 38.1 Å². The van der Waals surface area contributed by atoms with Crippen molar-refractivity contribution >= 4 is 17.4 Å². The molecule has 2 rings (SSSR count). The molecule has 1 aliphatic carbocycles. The van der Waals surface area contributed by atoms with Gasteiger partial charge in [-0.1, -0.05) is 0 Å². The van der Waals surface area contributed by atoms with Crippen molar-refractivity contribution in [3.05, 3.63) is 22.7 Å². The van der Waals surface area contributed by atoms with E-state index in [-0.39, 0.29) is 5.56 Å². The minimum absolute atomic E-state index is 0.0459. The van der Waals surface area contributed by atoms with E-state index >= 15 is 0 Å². The van der Waals surface area contributed by atoms with Gasteiger partial charge in [0.25, 0.3) is 5.56 Å². The highest BCUT2D eigenvalue weighted by Gasteiger charge is 2.22. The molecule has 1 fully saturated rings. The molecule has 2 atom stereocenters. The number of alkyl halides is 1. The van der Waals surface area contributed by atoms with E-state index in [0.717, 1.165) is 25.8 Å². The molecule has 1 heterocycles. The normalized spacial score (nSPS) is 23.9. The molecule has 2 unspecified atom stereocenters. The summed E-state index contributed by atoms with van der Waals surface area (Å²) in [7, 11) is 0. The van der Waals surface area contributed by atoms with E-state index in [1.54, 1.807) is 17.0 Å². The fourth-order valence-corrected chi connectivity index (χ4v) is 2.64. The van der Waals surface area contributed by atoms with Gasteiger partial charge < -0.3 is 9.88 Å². The highest BCUT2D eigenvalue weighted by Crippen LogP contribution is 2.29. The van der Waals surface area contributed by atoms with E-state index in [9.17, 15) is 4.79 Å². The molecule has 1 N–H and O–H groups in total. The molecule has 0 spiro atoms. The average molecular weight is 256 g/mol. The van der Waals surface area contributed by atoms with Crippen molar-refractivity contribution in [3.63, 3.8) is 0 Å². The van der Waals surface area contributed by atoms with Gasteiger partial charge in [-0.25, -0.2) is 4.98 Å². The van der Waals surface area contributed by atoms with Crippen LogP contribution in [0.5, 0.6) is 0 Å². The maximum atomic E-state index is 11.9. The van der Waals surface area contributed by atoms with Crippen LogP contribution in [0.1, 0.15) is 26.2 Å². The zero-order valence-electron chi connectivity index (χ0n) is 10.0. The summed E-state index contributed by atoms with van der Waals surface area (Å²) in [5.41, 5.74) is -0.0459. The van der Waals surface area contributed by atoms with Crippen LogP contribution in [-0.2, 0) is 6.54 Å². The van der Waals surface area contributed by atoms with Gasteiger partial charge in [0.2, 0.25) is 0 Å². The third kappa shape index (κ3) is 3.00. The summed E-state index contributed by atoms with van der Waals surface area (Å²) in [6, 6.07) is 0. The molecule has 17 heavy (non-hydrogen) atoms. The van der Waals surface area contributed by atoms with Gasteiger partial charge in [-0.15, -0.1) is 11.6 Å². The Balaban J connectivity index is 1.97. The lowest BCUT2D eigenvalue weighted by atomic mass is 10.1. The highest BCUT2D eigenvalue weighted by molar-refractivity contribution is 6.20. The zero-order valence-corrected chi connectivity index (χ0v) is 10.8. The molecule has 1 saturated carbocycles. The van der Waals surface area contributed by atoms with Gasteiger partial charge in [0, 0.05) is 30.9 Å². The SMILES string of the molecule is CCn1ccnc(NCC2CCC(Cl)C2)c1=O. The number of hydrogen-bond donors (Lipinski definition) is 1. The molecule has 1 aromatic rings. The number of anilines is 1. The molecule has 1 aliphatic rings. The second kappa shape index (κ2) is 5.54. The maximum absolute atomic E-state index is 11.9. The van der Waals surface area contributed by atoms with Gasteiger partial charge in [-0.2, -0.15) is 0 Å². The van der Waals surface area contributed by atoms with Crippen LogP contribution in [0.4, 0.5) is 5.82 Å². The van der Waals surface area contributed by atoms with E-state index < -0.39 is 0 Å². The second-order valence-electron chi connectivity index (χ2n) is 4.52. The molecule has 0 aromatic carbocycles. The topological polar surface area (TPSA) is 46.9 Å². The number of hydrogen-bond acceptors (Lipinski definition) is 3. The molecule has 0 amide bonds. The first-order chi connectivity index (χ1) is 8.20. The van der Waals surface area contributed by atoms with Crippen LogP contribution in [0, 0.1) is 5.92 Å². The summed E-state index contributed by atoms with van der Waals surface area (Å²) in [6.45, 7) is 3.41. The Hall–Kier alpha value is -1.03. The first kappa shape index (κ1) is 12.4. The Kier molecular flexibility index (Phi) is 4.05. The van der Waals surface area contributed by atoms with Crippen molar-refractivity contribution in [3.8, 4) is 0 Å². The molecule has 0 radical (unpaired) electrons. The third-order valence-electron chi connectivity index (χ3n) is 3.29. The Morgan fingerprint density at radius 1 is 1.59 bits per heavy atom. The van der Waals surface area contributed by atoms with Crippen molar-refractivity contribution in [1.29, 1.82) is 0 Å². The van der Waals surface area contributed by atoms with Gasteiger partial charge in [0.05, 0.1) is 0 Å². The summed E-state index contributed by atoms with van der Waals surface area (Å²) < 4.78 is 1.65. The number of aryl methyl sites for hydroxylation is 1. The van der Waals surface area contributed by atoms with E-state index in [4.69, 9.17) is 11.6 Å². The van der Waals surface area contributed by atoms with Crippen LogP contribution in [-0.4, -0.2) is 21.5 Å². The summed E-state index contributed by atoms with van der Waals surface area (Å²) in [4.78, 5) is 16.0. The number of rotatable bonds is 4. The smallest absolute Gasteiger partial charge is 0.293 e. The van der Waals surface area contributed by atoms with Crippen molar-refractivity contribution in [2.24, 2.45) is 5.92 Å². The predicted molar refractivity (Wildman–Crippen MR) is 69.6 cm³/mol. The van der Waals surface area contributed by atoms with Crippen LogP contribution in [0.2, 0.25) is 0 Å². The zero-order chi connectivity index (χ0) is 12.3. The molecule has 0 bridgehead atoms. The molecule has 94 valence electrons. The van der Waals surface area contributed by atoms with Gasteiger partial charge in [0.15, 0.2) is 5.82 Å². The highest BCUT2D eigenvalue weighted by atomic mass is 35.5.